The van der Waals surface area contributed by atoms with Crippen molar-refractivity contribution in [2.45, 2.75) is 31.8 Å². The first-order valence-electron chi connectivity index (χ1n) is 14.5. The topological polar surface area (TPSA) is 43.9 Å². The molecule has 0 spiro atoms. The summed E-state index contributed by atoms with van der Waals surface area (Å²) in [6, 6.07) is 32.6. The van der Waals surface area contributed by atoms with Crippen molar-refractivity contribution >= 4 is 35.3 Å². The molecule has 2 aliphatic heterocycles. The third-order valence-corrected chi connectivity index (χ3v) is 9.11. The molecule has 0 aromatic heterocycles. The number of fused-ring (bicyclic) bond motifs is 1. The van der Waals surface area contributed by atoms with Gasteiger partial charge < -0.3 is 9.80 Å². The van der Waals surface area contributed by atoms with Crippen LogP contribution in [0, 0.1) is 13.8 Å². The zero-order valence-corrected chi connectivity index (χ0v) is 24.9. The molecule has 0 aliphatic carbocycles. The van der Waals surface area contributed by atoms with E-state index in [1.165, 1.54) is 28.5 Å². The summed E-state index contributed by atoms with van der Waals surface area (Å²) in [5.74, 6) is 0.0541. The summed E-state index contributed by atoms with van der Waals surface area (Å²) in [6.07, 6.45) is 1.94. The quantitative estimate of drug-likeness (QED) is 0.234. The fraction of sp³-hybridized carbons (Fsp3) is 0.222. The molecule has 2 heterocycles. The highest BCUT2D eigenvalue weighted by atomic mass is 32.2. The molecule has 1 fully saturated rings. The Hall–Kier alpha value is -4.13. The minimum absolute atomic E-state index is 0.00636. The number of benzene rings is 4. The standard InChI is InChI=1S/C36H35N3O2S/c1-26-12-13-27(2)31(22-26)25-39-32-10-6-7-11-33(32)42-34(36(39)41)23-28-14-16-30(17-15-28)35(40)38-20-18-37(19-21-38)24-29-8-4-3-5-9-29/h3-17,22-23H,18-21,24-25H2,1-2H3/b34-23+. The van der Waals surface area contributed by atoms with E-state index in [1.54, 1.807) is 0 Å². The molecule has 5 nitrogen and oxygen atoms in total. The SMILES string of the molecule is Cc1ccc(C)c(CN2C(=O)/C(=C\c3ccc(C(=O)N4CCN(Cc5ccccc5)CC4)cc3)Sc3ccccc32)c1. The number of nitrogens with zero attached hydrogens (tertiary/aromatic N) is 3. The van der Waals surface area contributed by atoms with Gasteiger partial charge in [-0.3, -0.25) is 14.5 Å². The molecule has 2 amide bonds. The van der Waals surface area contributed by atoms with Crippen LogP contribution in [-0.4, -0.2) is 47.8 Å². The normalized spacial score (nSPS) is 16.5. The van der Waals surface area contributed by atoms with Crippen molar-refractivity contribution in [1.82, 2.24) is 9.80 Å². The van der Waals surface area contributed by atoms with Crippen molar-refractivity contribution in [2.24, 2.45) is 0 Å². The van der Waals surface area contributed by atoms with E-state index in [2.05, 4.69) is 67.3 Å². The molecule has 4 aromatic rings. The molecule has 6 heteroatoms. The van der Waals surface area contributed by atoms with Crippen LogP contribution in [0.15, 0.2) is 107 Å². The second kappa shape index (κ2) is 12.4. The lowest BCUT2D eigenvalue weighted by Gasteiger charge is -2.34. The van der Waals surface area contributed by atoms with Gasteiger partial charge >= 0.3 is 0 Å². The first-order valence-corrected chi connectivity index (χ1v) is 15.3. The van der Waals surface area contributed by atoms with Crippen LogP contribution in [0.5, 0.6) is 0 Å². The number of piperazine rings is 1. The van der Waals surface area contributed by atoms with Crippen molar-refractivity contribution < 1.29 is 9.59 Å². The van der Waals surface area contributed by atoms with Gasteiger partial charge in [0.2, 0.25) is 0 Å². The van der Waals surface area contributed by atoms with Gasteiger partial charge in [-0.05, 0) is 66.4 Å². The molecule has 0 N–H and O–H groups in total. The summed E-state index contributed by atoms with van der Waals surface area (Å²) in [5, 5.41) is 0. The van der Waals surface area contributed by atoms with Crippen molar-refractivity contribution in [3.05, 3.63) is 135 Å². The van der Waals surface area contributed by atoms with Gasteiger partial charge in [0.25, 0.3) is 11.8 Å². The number of aryl methyl sites for hydroxylation is 2. The van der Waals surface area contributed by atoms with Crippen molar-refractivity contribution in [3.63, 3.8) is 0 Å². The highest BCUT2D eigenvalue weighted by Crippen LogP contribution is 2.42. The zero-order valence-electron chi connectivity index (χ0n) is 24.1. The van der Waals surface area contributed by atoms with E-state index in [-0.39, 0.29) is 11.8 Å². The largest absolute Gasteiger partial charge is 0.336 e. The maximum absolute atomic E-state index is 13.8. The van der Waals surface area contributed by atoms with Gasteiger partial charge in [-0.1, -0.05) is 90.1 Å². The van der Waals surface area contributed by atoms with E-state index in [9.17, 15) is 9.59 Å². The summed E-state index contributed by atoms with van der Waals surface area (Å²) in [5.41, 5.74) is 7.33. The average molecular weight is 574 g/mol. The molecule has 0 bridgehead atoms. The molecule has 42 heavy (non-hydrogen) atoms. The lowest BCUT2D eigenvalue weighted by atomic mass is 10.0. The second-order valence-corrected chi connectivity index (χ2v) is 12.2. The van der Waals surface area contributed by atoms with Crippen molar-refractivity contribution in [3.8, 4) is 0 Å². The van der Waals surface area contributed by atoms with E-state index >= 15 is 0 Å². The molecule has 6 rings (SSSR count). The molecule has 1 saturated heterocycles. The minimum atomic E-state index is -0.00636. The Morgan fingerprint density at radius 2 is 1.52 bits per heavy atom. The predicted octanol–water partition coefficient (Wildman–Crippen LogP) is 6.94. The Morgan fingerprint density at radius 3 is 2.29 bits per heavy atom. The third kappa shape index (κ3) is 6.20. The van der Waals surface area contributed by atoms with E-state index in [0.717, 1.165) is 54.4 Å². The van der Waals surface area contributed by atoms with Gasteiger partial charge in [0.1, 0.15) is 0 Å². The molecule has 0 radical (unpaired) electrons. The van der Waals surface area contributed by atoms with Crippen LogP contribution in [0.1, 0.15) is 38.2 Å². The number of hydrogen-bond donors (Lipinski definition) is 0. The van der Waals surface area contributed by atoms with Crippen LogP contribution < -0.4 is 4.90 Å². The average Bonchev–Trinajstić information content (AvgIpc) is 3.02. The van der Waals surface area contributed by atoms with E-state index in [0.29, 0.717) is 17.0 Å². The number of hydrogen-bond acceptors (Lipinski definition) is 4. The van der Waals surface area contributed by atoms with E-state index in [4.69, 9.17) is 0 Å². The highest BCUT2D eigenvalue weighted by Gasteiger charge is 2.29. The van der Waals surface area contributed by atoms with Gasteiger partial charge in [0, 0.05) is 43.2 Å². The molecule has 0 unspecified atom stereocenters. The summed E-state index contributed by atoms with van der Waals surface area (Å²) in [7, 11) is 0. The lowest BCUT2D eigenvalue weighted by Crippen LogP contribution is -2.48. The van der Waals surface area contributed by atoms with Crippen LogP contribution in [0.4, 0.5) is 5.69 Å². The number of amides is 2. The maximum atomic E-state index is 13.8. The van der Waals surface area contributed by atoms with Crippen molar-refractivity contribution in [2.75, 3.05) is 31.1 Å². The number of anilines is 1. The summed E-state index contributed by atoms with van der Waals surface area (Å²) in [4.78, 5) is 35.0. The van der Waals surface area contributed by atoms with Gasteiger partial charge in [0.15, 0.2) is 0 Å². The molecular formula is C36H35N3O2S. The number of thioether (sulfide) groups is 1. The number of carbonyl (C=O) groups excluding carboxylic acids is 2. The lowest BCUT2D eigenvalue weighted by molar-refractivity contribution is -0.114. The molecule has 212 valence electrons. The summed E-state index contributed by atoms with van der Waals surface area (Å²) in [6.45, 7) is 8.78. The van der Waals surface area contributed by atoms with Crippen LogP contribution in [0.2, 0.25) is 0 Å². The smallest absolute Gasteiger partial charge is 0.265 e. The third-order valence-electron chi connectivity index (χ3n) is 8.03. The van der Waals surface area contributed by atoms with Crippen LogP contribution in [0.3, 0.4) is 0 Å². The molecular weight excluding hydrogens is 538 g/mol. The van der Waals surface area contributed by atoms with E-state index < -0.39 is 0 Å². The maximum Gasteiger partial charge on any atom is 0.265 e. The monoisotopic (exact) mass is 573 g/mol. The van der Waals surface area contributed by atoms with Crippen LogP contribution >= 0.6 is 11.8 Å². The Balaban J connectivity index is 1.15. The van der Waals surface area contributed by atoms with E-state index in [1.807, 2.05) is 64.4 Å². The second-order valence-electron chi connectivity index (χ2n) is 11.1. The molecule has 0 atom stereocenters. The Kier molecular flexibility index (Phi) is 8.27. The van der Waals surface area contributed by atoms with Crippen LogP contribution in [0.25, 0.3) is 6.08 Å². The fourth-order valence-electron chi connectivity index (χ4n) is 5.57. The van der Waals surface area contributed by atoms with Gasteiger partial charge in [0.05, 0.1) is 17.1 Å². The minimum Gasteiger partial charge on any atom is -0.336 e. The zero-order chi connectivity index (χ0) is 29.1. The fourth-order valence-corrected chi connectivity index (χ4v) is 6.63. The van der Waals surface area contributed by atoms with Gasteiger partial charge in [-0.2, -0.15) is 0 Å². The molecule has 2 aliphatic rings. The highest BCUT2D eigenvalue weighted by molar-refractivity contribution is 8.04. The van der Waals surface area contributed by atoms with Gasteiger partial charge in [-0.25, -0.2) is 0 Å². The summed E-state index contributed by atoms with van der Waals surface area (Å²) >= 11 is 1.51. The van der Waals surface area contributed by atoms with Crippen molar-refractivity contribution in [1.29, 1.82) is 0 Å². The molecule has 0 saturated carbocycles. The first-order chi connectivity index (χ1) is 20.4. The van der Waals surface area contributed by atoms with Crippen LogP contribution in [-0.2, 0) is 17.9 Å². The Bertz CT molecular complexity index is 1620. The number of para-hydroxylation sites is 1. The predicted molar refractivity (Wildman–Crippen MR) is 171 cm³/mol. The Morgan fingerprint density at radius 1 is 0.810 bits per heavy atom. The molecule has 4 aromatic carbocycles. The Labute approximate surface area is 252 Å². The number of rotatable bonds is 6. The number of carbonyl (C=O) groups is 2. The first kappa shape index (κ1) is 28.0. The summed E-state index contributed by atoms with van der Waals surface area (Å²) < 4.78 is 0. The van der Waals surface area contributed by atoms with Gasteiger partial charge in [-0.15, -0.1) is 0 Å².